The molecule has 0 spiro atoms. The van der Waals surface area contributed by atoms with Crippen LogP contribution < -0.4 is 0 Å². The van der Waals surface area contributed by atoms with Gasteiger partial charge < -0.3 is 0 Å². The fourth-order valence-corrected chi connectivity index (χ4v) is 3.10. The quantitative estimate of drug-likeness (QED) is 0.311. The van der Waals surface area contributed by atoms with Crippen LogP contribution in [0.2, 0.25) is 0 Å². The monoisotopic (exact) mass is 238 g/mol. The standard InChI is InChI=1S/C18H14.Li.H/c1-11-10-15-7-6-13-4-3-5-14-8-9-16(12(11)2)18(15)17(13)14;;/h3-10H,1-2H3;;. The molecule has 1 heteroatoms. The molecule has 0 atom stereocenters. The molecule has 4 aromatic rings. The summed E-state index contributed by atoms with van der Waals surface area (Å²) in [6, 6.07) is 17.9. The first kappa shape index (κ1) is 12.5. The van der Waals surface area contributed by atoms with Crippen LogP contribution in [-0.4, -0.2) is 18.9 Å². The molecular formula is C18H15Li. The molecule has 19 heavy (non-hydrogen) atoms. The van der Waals surface area contributed by atoms with Gasteiger partial charge in [0.05, 0.1) is 0 Å². The number of aryl methyl sites for hydroxylation is 2. The van der Waals surface area contributed by atoms with Crippen molar-refractivity contribution < 1.29 is 0 Å². The Kier molecular flexibility index (Phi) is 2.82. The normalized spacial score (nSPS) is 11.3. The molecule has 0 unspecified atom stereocenters. The van der Waals surface area contributed by atoms with Gasteiger partial charge in [-0.3, -0.25) is 0 Å². The molecule has 0 N–H and O–H groups in total. The molecule has 4 rings (SSSR count). The summed E-state index contributed by atoms with van der Waals surface area (Å²) in [5.41, 5.74) is 2.78. The molecule has 0 bridgehead atoms. The summed E-state index contributed by atoms with van der Waals surface area (Å²) in [5.74, 6) is 0. The number of hydrogen-bond acceptors (Lipinski definition) is 0. The van der Waals surface area contributed by atoms with Crippen LogP contribution in [0.15, 0.2) is 48.5 Å². The molecule has 0 heterocycles. The van der Waals surface area contributed by atoms with Crippen molar-refractivity contribution in [1.29, 1.82) is 0 Å². The van der Waals surface area contributed by atoms with Gasteiger partial charge in [-0.05, 0) is 57.3 Å². The number of hydrogen-bond donors (Lipinski definition) is 0. The number of benzene rings is 4. The molecular weight excluding hydrogens is 223 g/mol. The van der Waals surface area contributed by atoms with E-state index in [1.165, 1.54) is 43.4 Å². The second-order valence-electron chi connectivity index (χ2n) is 5.17. The first-order chi connectivity index (χ1) is 8.75. The van der Waals surface area contributed by atoms with Gasteiger partial charge in [0, 0.05) is 0 Å². The van der Waals surface area contributed by atoms with E-state index < -0.39 is 0 Å². The zero-order chi connectivity index (χ0) is 12.3. The zero-order valence-corrected chi connectivity index (χ0v) is 10.6. The second kappa shape index (κ2) is 4.27. The Morgan fingerprint density at radius 2 is 1.32 bits per heavy atom. The number of rotatable bonds is 0. The molecule has 88 valence electrons. The van der Waals surface area contributed by atoms with Crippen LogP contribution in [0.3, 0.4) is 0 Å². The van der Waals surface area contributed by atoms with Crippen molar-refractivity contribution >= 4 is 51.2 Å². The predicted molar refractivity (Wildman–Crippen MR) is 86.8 cm³/mol. The van der Waals surface area contributed by atoms with Crippen molar-refractivity contribution in [2.24, 2.45) is 0 Å². The van der Waals surface area contributed by atoms with E-state index in [0.717, 1.165) is 0 Å². The Morgan fingerprint density at radius 3 is 2.05 bits per heavy atom. The third-order valence-electron chi connectivity index (χ3n) is 4.18. The van der Waals surface area contributed by atoms with Crippen molar-refractivity contribution in [3.63, 3.8) is 0 Å². The summed E-state index contributed by atoms with van der Waals surface area (Å²) in [7, 11) is 0. The zero-order valence-electron chi connectivity index (χ0n) is 10.6. The Hall–Kier alpha value is -1.48. The first-order valence-electron chi connectivity index (χ1n) is 6.39. The van der Waals surface area contributed by atoms with E-state index in [1.54, 1.807) is 0 Å². The summed E-state index contributed by atoms with van der Waals surface area (Å²) >= 11 is 0. The molecule has 0 saturated heterocycles. The average molecular weight is 238 g/mol. The fourth-order valence-electron chi connectivity index (χ4n) is 3.10. The van der Waals surface area contributed by atoms with Crippen LogP contribution >= 0.6 is 0 Å². The van der Waals surface area contributed by atoms with E-state index >= 15 is 0 Å². The van der Waals surface area contributed by atoms with Gasteiger partial charge >= 0.3 is 18.9 Å². The Balaban J connectivity index is 0.00000110. The van der Waals surface area contributed by atoms with Gasteiger partial charge in [-0.2, -0.15) is 0 Å². The van der Waals surface area contributed by atoms with Crippen LogP contribution in [0.1, 0.15) is 11.1 Å². The van der Waals surface area contributed by atoms with Crippen LogP contribution in [0, 0.1) is 13.8 Å². The van der Waals surface area contributed by atoms with Crippen LogP contribution in [0.25, 0.3) is 32.3 Å². The minimum absolute atomic E-state index is 0. The van der Waals surface area contributed by atoms with Gasteiger partial charge in [0.15, 0.2) is 0 Å². The van der Waals surface area contributed by atoms with Gasteiger partial charge in [-0.15, -0.1) is 0 Å². The summed E-state index contributed by atoms with van der Waals surface area (Å²) in [5, 5.41) is 8.28. The summed E-state index contributed by atoms with van der Waals surface area (Å²) in [6.07, 6.45) is 0. The molecule has 0 radical (unpaired) electrons. The van der Waals surface area contributed by atoms with Crippen molar-refractivity contribution in [3.8, 4) is 0 Å². The average Bonchev–Trinajstić information content (AvgIpc) is 2.40. The van der Waals surface area contributed by atoms with Crippen molar-refractivity contribution in [2.45, 2.75) is 13.8 Å². The second-order valence-corrected chi connectivity index (χ2v) is 5.17. The fraction of sp³-hybridized carbons (Fsp3) is 0.111. The Bertz CT molecular complexity index is 874. The molecule has 0 aliphatic carbocycles. The molecule has 0 aromatic heterocycles. The molecule has 4 aromatic carbocycles. The van der Waals surface area contributed by atoms with Crippen LogP contribution in [-0.2, 0) is 0 Å². The topological polar surface area (TPSA) is 0 Å². The van der Waals surface area contributed by atoms with Crippen molar-refractivity contribution in [1.82, 2.24) is 0 Å². The molecule has 0 saturated carbocycles. The maximum atomic E-state index is 2.31. The SMILES string of the molecule is Cc1cc2ccc3cccc4ccc(c1C)c2c34.[LiH]. The van der Waals surface area contributed by atoms with Crippen LogP contribution in [0.4, 0.5) is 0 Å². The van der Waals surface area contributed by atoms with Gasteiger partial charge in [0.25, 0.3) is 0 Å². The third kappa shape index (κ3) is 1.61. The van der Waals surface area contributed by atoms with Crippen LogP contribution in [0.5, 0.6) is 0 Å². The van der Waals surface area contributed by atoms with E-state index in [0.29, 0.717) is 0 Å². The van der Waals surface area contributed by atoms with Gasteiger partial charge in [-0.25, -0.2) is 0 Å². The molecule has 0 aliphatic heterocycles. The van der Waals surface area contributed by atoms with Gasteiger partial charge in [0.2, 0.25) is 0 Å². The first-order valence-corrected chi connectivity index (χ1v) is 6.39. The van der Waals surface area contributed by atoms with Gasteiger partial charge in [-0.1, -0.05) is 48.5 Å². The minimum atomic E-state index is 0. The summed E-state index contributed by atoms with van der Waals surface area (Å²) in [6.45, 7) is 4.42. The van der Waals surface area contributed by atoms with Gasteiger partial charge in [0.1, 0.15) is 0 Å². The van der Waals surface area contributed by atoms with E-state index in [-0.39, 0.29) is 18.9 Å². The molecule has 0 nitrogen and oxygen atoms in total. The summed E-state index contributed by atoms with van der Waals surface area (Å²) < 4.78 is 0. The van der Waals surface area contributed by atoms with E-state index in [2.05, 4.69) is 62.4 Å². The van der Waals surface area contributed by atoms with Crippen molar-refractivity contribution in [3.05, 3.63) is 59.7 Å². The van der Waals surface area contributed by atoms with E-state index in [1.807, 2.05) is 0 Å². The molecule has 0 amide bonds. The third-order valence-corrected chi connectivity index (χ3v) is 4.18. The Morgan fingerprint density at radius 1 is 0.684 bits per heavy atom. The molecule has 0 fully saturated rings. The predicted octanol–water partition coefficient (Wildman–Crippen LogP) is 4.55. The van der Waals surface area contributed by atoms with E-state index in [4.69, 9.17) is 0 Å². The van der Waals surface area contributed by atoms with Crippen molar-refractivity contribution in [2.75, 3.05) is 0 Å². The summed E-state index contributed by atoms with van der Waals surface area (Å²) in [4.78, 5) is 0. The Labute approximate surface area is 124 Å². The van der Waals surface area contributed by atoms with E-state index in [9.17, 15) is 0 Å². The maximum absolute atomic E-state index is 2.31. The molecule has 0 aliphatic rings.